The predicted molar refractivity (Wildman–Crippen MR) is 283 cm³/mol. The van der Waals surface area contributed by atoms with Gasteiger partial charge in [0, 0.05) is 96.7 Å². The lowest BCUT2D eigenvalue weighted by molar-refractivity contribution is -0.154. The summed E-state index contributed by atoms with van der Waals surface area (Å²) in [5.41, 5.74) is 4.95. The van der Waals surface area contributed by atoms with Crippen LogP contribution in [-0.2, 0) is 35.5 Å². The van der Waals surface area contributed by atoms with Crippen molar-refractivity contribution in [1.82, 2.24) is 45.2 Å². The number of nitrogens with one attached hydrogen (secondary N) is 2. The minimum Gasteiger partial charge on any atom is -0.457 e. The molecule has 5 aromatic rings. The Bertz CT molecular complexity index is 2670. The molecule has 378 valence electrons. The average molecular weight is 1000 g/mol. The lowest BCUT2D eigenvalue weighted by Gasteiger charge is -2.57. The summed E-state index contributed by atoms with van der Waals surface area (Å²) >= 11 is 13.3. The topological polar surface area (TPSA) is 103 Å². The van der Waals surface area contributed by atoms with Gasteiger partial charge in [-0.3, -0.25) is 19.5 Å². The molecule has 7 unspecified atom stereocenters. The molecule has 2 N–H and O–H groups in total. The van der Waals surface area contributed by atoms with Crippen molar-refractivity contribution in [3.05, 3.63) is 135 Å². The van der Waals surface area contributed by atoms with Crippen LogP contribution in [0.5, 0.6) is 11.5 Å². The summed E-state index contributed by atoms with van der Waals surface area (Å²) < 4.78 is 14.9. The van der Waals surface area contributed by atoms with Crippen molar-refractivity contribution in [2.24, 2.45) is 16.7 Å². The monoisotopic (exact) mass is 1000 g/mol. The lowest BCUT2D eigenvalue weighted by Crippen LogP contribution is -2.73. The van der Waals surface area contributed by atoms with Crippen LogP contribution in [-0.4, -0.2) is 143 Å². The van der Waals surface area contributed by atoms with Gasteiger partial charge >= 0.3 is 0 Å². The van der Waals surface area contributed by atoms with Crippen LogP contribution >= 0.6 is 23.2 Å². The maximum Gasteiger partial charge on any atom is 0.153 e. The number of hydrogen-bond donors (Lipinski definition) is 2. The van der Waals surface area contributed by atoms with Crippen molar-refractivity contribution >= 4 is 29.0 Å². The SMILES string of the molecule is CCC12C(=O)C34C5C[C@H](Cc6ccc(Cl)cc6)N(C)C3[C@@H](COC)NC4[C@H](C)N(Cc3ccc(Cl)cc3Oc3ccc(-n4nnc(CN(C)C)c4C)cc3)C1C[C@@H](Cc1ccccc1)C2N(C)[C@@H](C)CN5. The van der Waals surface area contributed by atoms with Crippen LogP contribution < -0.4 is 15.4 Å². The van der Waals surface area contributed by atoms with E-state index in [1.807, 2.05) is 67.3 Å². The molecule has 12 atom stereocenters. The van der Waals surface area contributed by atoms with E-state index in [1.54, 1.807) is 7.11 Å². The molecule has 1 aliphatic carbocycles. The number of rotatable bonds is 14. The van der Waals surface area contributed by atoms with E-state index in [2.05, 4.69) is 131 Å². The number of ketones is 1. The molecule has 14 heteroatoms. The lowest BCUT2D eigenvalue weighted by atomic mass is 9.54. The van der Waals surface area contributed by atoms with Crippen molar-refractivity contribution in [2.45, 2.75) is 127 Å². The van der Waals surface area contributed by atoms with Gasteiger partial charge in [0.25, 0.3) is 0 Å². The highest BCUT2D eigenvalue weighted by Gasteiger charge is 2.77. The first-order valence-electron chi connectivity index (χ1n) is 25.8. The van der Waals surface area contributed by atoms with E-state index in [4.69, 9.17) is 32.7 Å². The first-order chi connectivity index (χ1) is 34.2. The molecule has 12 nitrogen and oxygen atoms in total. The summed E-state index contributed by atoms with van der Waals surface area (Å²) in [6, 6.07) is 33.1. The van der Waals surface area contributed by atoms with Crippen LogP contribution in [0.25, 0.3) is 5.69 Å². The number of likely N-dealkylation sites (N-methyl/N-ethyl adjacent to an activating group) is 2. The quantitative estimate of drug-likeness (QED) is 0.112. The van der Waals surface area contributed by atoms with Gasteiger partial charge in [-0.1, -0.05) is 83.9 Å². The van der Waals surface area contributed by atoms with E-state index in [9.17, 15) is 0 Å². The Kier molecular flexibility index (Phi) is 14.4. The molecular formula is C57H73Cl2N9O3. The van der Waals surface area contributed by atoms with Crippen LogP contribution in [0.2, 0.25) is 10.0 Å². The van der Waals surface area contributed by atoms with Gasteiger partial charge in [0.05, 0.1) is 28.8 Å². The van der Waals surface area contributed by atoms with E-state index in [1.165, 1.54) is 11.1 Å². The number of carbonyl (C=O) groups is 1. The number of carbonyl (C=O) groups excluding carboxylic acids is 1. The Balaban J connectivity index is 1.09. The number of aromatic nitrogens is 3. The Morgan fingerprint density at radius 1 is 0.873 bits per heavy atom. The zero-order valence-electron chi connectivity index (χ0n) is 43.0. The highest BCUT2D eigenvalue weighted by atomic mass is 35.5. The molecule has 2 bridgehead atoms. The second kappa shape index (κ2) is 20.2. The molecule has 4 aliphatic heterocycles. The zero-order chi connectivity index (χ0) is 49.9. The maximum absolute atomic E-state index is 17.5. The molecule has 1 spiro atoms. The second-order valence-corrected chi connectivity index (χ2v) is 22.7. The van der Waals surface area contributed by atoms with E-state index in [0.29, 0.717) is 42.0 Å². The van der Waals surface area contributed by atoms with E-state index >= 15 is 4.79 Å². The maximum atomic E-state index is 17.5. The van der Waals surface area contributed by atoms with Gasteiger partial charge in [0.1, 0.15) is 17.2 Å². The largest absolute Gasteiger partial charge is 0.457 e. The number of benzene rings is 4. The number of piperidine rings is 1. The van der Waals surface area contributed by atoms with Gasteiger partial charge < -0.3 is 25.0 Å². The number of halogens is 2. The van der Waals surface area contributed by atoms with Gasteiger partial charge in [-0.05, 0) is 147 Å². The molecule has 4 saturated heterocycles. The van der Waals surface area contributed by atoms with Crippen LogP contribution in [0.3, 0.4) is 0 Å². The number of hydrogen-bond acceptors (Lipinski definition) is 11. The Labute approximate surface area is 431 Å². The number of ether oxygens (including phenoxy) is 2. The summed E-state index contributed by atoms with van der Waals surface area (Å²) in [5.74, 6) is 2.05. The first kappa shape index (κ1) is 50.3. The molecule has 10 rings (SSSR count). The van der Waals surface area contributed by atoms with Gasteiger partial charge in [-0.2, -0.15) is 0 Å². The second-order valence-electron chi connectivity index (χ2n) is 21.8. The van der Waals surface area contributed by atoms with Crippen LogP contribution in [0.4, 0.5) is 0 Å². The number of Topliss-reactive ketones (excluding diaryl/α,β-unsaturated/α-hetero) is 1. The minimum absolute atomic E-state index is 0.00478. The van der Waals surface area contributed by atoms with Gasteiger partial charge in [0.15, 0.2) is 5.78 Å². The molecule has 71 heavy (non-hydrogen) atoms. The molecule has 4 aromatic carbocycles. The van der Waals surface area contributed by atoms with E-state index in [-0.39, 0.29) is 60.3 Å². The summed E-state index contributed by atoms with van der Waals surface area (Å²) in [6.45, 7) is 11.7. The average Bonchev–Trinajstić information content (AvgIpc) is 4.00. The van der Waals surface area contributed by atoms with E-state index in [0.717, 1.165) is 66.3 Å². The van der Waals surface area contributed by atoms with Crippen molar-refractivity contribution in [1.29, 1.82) is 0 Å². The third kappa shape index (κ3) is 8.76. The van der Waals surface area contributed by atoms with Crippen molar-refractivity contribution < 1.29 is 14.3 Å². The summed E-state index contributed by atoms with van der Waals surface area (Å²) in [5, 5.41) is 18.7. The van der Waals surface area contributed by atoms with Crippen LogP contribution in [0, 0.1) is 23.7 Å². The van der Waals surface area contributed by atoms with Crippen molar-refractivity contribution in [2.75, 3.05) is 48.5 Å². The van der Waals surface area contributed by atoms with E-state index < -0.39 is 10.8 Å². The summed E-state index contributed by atoms with van der Waals surface area (Å²) in [4.78, 5) is 27.5. The summed E-state index contributed by atoms with van der Waals surface area (Å²) in [7, 11) is 10.5. The highest BCUT2D eigenvalue weighted by Crippen LogP contribution is 2.63. The van der Waals surface area contributed by atoms with Crippen LogP contribution in [0.1, 0.15) is 68.1 Å². The molecule has 1 aromatic heterocycles. The summed E-state index contributed by atoms with van der Waals surface area (Å²) in [6.07, 6.45) is 4.22. The number of likely N-dealkylation sites (tertiary alicyclic amines) is 2. The first-order valence-corrected chi connectivity index (χ1v) is 26.6. The fraction of sp³-hybridized carbons (Fsp3) is 0.526. The predicted octanol–water partition coefficient (Wildman–Crippen LogP) is 8.49. The molecule has 0 radical (unpaired) electrons. The smallest absolute Gasteiger partial charge is 0.153 e. The fourth-order valence-corrected chi connectivity index (χ4v) is 14.9. The number of methoxy groups -OCH3 is 1. The Hall–Kier alpha value is -4.21. The molecule has 1 saturated carbocycles. The third-order valence-electron chi connectivity index (χ3n) is 17.8. The fourth-order valence-electron chi connectivity index (χ4n) is 14.6. The molecule has 5 heterocycles. The van der Waals surface area contributed by atoms with Gasteiger partial charge in [-0.25, -0.2) is 4.68 Å². The standard InChI is InChI=1S/C57H73Cl2N9O3/c1-10-56-51-28-41(26-38-14-12-11-13-15-38)53(56)65(7)35(2)31-60-50-30-45(27-39-16-19-42(58)20-17-39)66(8)54-48(34-70-9)61-52(57(50,54)55(56)69)37(4)67(51)32-40-18-21-43(59)29-49(40)71-46-24-22-44(23-25-46)68-36(3)47(62-63-68)33-64(5)6/h11-25,29,35,37,41,45,48,50-54,60-61H,10,26-28,30-34H2,1-9H3/t35-,37-,41+,45-,48+,50?,51?,52?,53?,54?,56?,57?/m0/s1. The third-order valence-corrected chi connectivity index (χ3v) is 18.3. The van der Waals surface area contributed by atoms with Crippen LogP contribution in [0.15, 0.2) is 97.1 Å². The Morgan fingerprint density at radius 3 is 2.30 bits per heavy atom. The normalized spacial score (nSPS) is 32.1. The molecule has 5 fully saturated rings. The molecular weight excluding hydrogens is 930 g/mol. The highest BCUT2D eigenvalue weighted by molar-refractivity contribution is 6.31. The van der Waals surface area contributed by atoms with Gasteiger partial charge in [0.2, 0.25) is 0 Å². The molecule has 0 amide bonds. The van der Waals surface area contributed by atoms with Gasteiger partial charge in [-0.15, -0.1) is 5.10 Å². The zero-order valence-corrected chi connectivity index (χ0v) is 44.5. The molecule has 5 aliphatic rings. The van der Waals surface area contributed by atoms with Crippen molar-refractivity contribution in [3.63, 3.8) is 0 Å². The number of nitrogens with zero attached hydrogens (tertiary/aromatic N) is 7. The minimum atomic E-state index is -0.779. The van der Waals surface area contributed by atoms with Crippen molar-refractivity contribution in [3.8, 4) is 17.2 Å². The Morgan fingerprint density at radius 2 is 1.59 bits per heavy atom.